The van der Waals surface area contributed by atoms with Gasteiger partial charge in [0, 0.05) is 12.1 Å². The third-order valence-electron chi connectivity index (χ3n) is 2.91. The predicted octanol–water partition coefficient (Wildman–Crippen LogP) is 1.90. The second-order valence-electron chi connectivity index (χ2n) is 4.36. The number of carbonyl (C=O) groups excluding carboxylic acids is 2. The lowest BCUT2D eigenvalue weighted by Crippen LogP contribution is -2.31. The minimum Gasteiger partial charge on any atom is -0.454 e. The molecule has 0 unspecified atom stereocenters. The molecule has 1 aromatic carbocycles. The molecule has 2 rings (SSSR count). The van der Waals surface area contributed by atoms with Gasteiger partial charge in [0.15, 0.2) is 11.5 Å². The van der Waals surface area contributed by atoms with Crippen LogP contribution in [0.5, 0.6) is 11.5 Å². The van der Waals surface area contributed by atoms with Crippen LogP contribution in [-0.2, 0) is 4.79 Å². The van der Waals surface area contributed by atoms with E-state index in [1.807, 2.05) is 0 Å². The normalized spacial score (nSPS) is 12.3. The van der Waals surface area contributed by atoms with Gasteiger partial charge in [-0.05, 0) is 24.6 Å². The first-order valence-electron chi connectivity index (χ1n) is 6.44. The fourth-order valence-electron chi connectivity index (χ4n) is 1.83. The molecule has 0 saturated carbocycles. The first-order chi connectivity index (χ1) is 9.22. The summed E-state index contributed by atoms with van der Waals surface area (Å²) >= 11 is 0. The largest absolute Gasteiger partial charge is 0.454 e. The summed E-state index contributed by atoms with van der Waals surface area (Å²) in [6.07, 6.45) is 3.00. The average Bonchev–Trinajstić information content (AvgIpc) is 2.89. The molecule has 5 nitrogen and oxygen atoms in total. The number of benzene rings is 1. The number of carbonyl (C=O) groups is 2. The Morgan fingerprint density at radius 3 is 2.79 bits per heavy atom. The van der Waals surface area contributed by atoms with Crippen LogP contribution in [0.15, 0.2) is 18.2 Å². The highest BCUT2D eigenvalue weighted by Gasteiger charge is 2.20. The predicted molar refractivity (Wildman–Crippen MR) is 69.4 cm³/mol. The van der Waals surface area contributed by atoms with Crippen molar-refractivity contribution in [3.05, 3.63) is 23.8 Å². The highest BCUT2D eigenvalue weighted by Crippen LogP contribution is 2.32. The number of nitrogens with one attached hydrogen (secondary N) is 1. The first-order valence-corrected chi connectivity index (χ1v) is 6.44. The molecule has 1 amide bonds. The molecule has 1 aliphatic heterocycles. The molecule has 19 heavy (non-hydrogen) atoms. The van der Waals surface area contributed by atoms with E-state index in [2.05, 4.69) is 12.2 Å². The minimum atomic E-state index is -0.574. The van der Waals surface area contributed by atoms with E-state index in [9.17, 15) is 9.59 Å². The summed E-state index contributed by atoms with van der Waals surface area (Å²) < 4.78 is 10.3. The number of fused-ring (bicyclic) bond motifs is 1. The summed E-state index contributed by atoms with van der Waals surface area (Å²) in [5.41, 5.74) is 0.317. The van der Waals surface area contributed by atoms with E-state index in [-0.39, 0.29) is 6.79 Å². The van der Waals surface area contributed by atoms with Crippen LogP contribution in [0.4, 0.5) is 0 Å². The molecular formula is C14H17NO4. The van der Waals surface area contributed by atoms with E-state index in [0.717, 1.165) is 19.3 Å². The summed E-state index contributed by atoms with van der Waals surface area (Å²) in [7, 11) is 0. The van der Waals surface area contributed by atoms with Crippen molar-refractivity contribution in [1.82, 2.24) is 5.32 Å². The van der Waals surface area contributed by atoms with E-state index in [1.165, 1.54) is 6.07 Å². The Morgan fingerprint density at radius 2 is 2.00 bits per heavy atom. The average molecular weight is 263 g/mol. The van der Waals surface area contributed by atoms with Gasteiger partial charge in [0.2, 0.25) is 12.6 Å². The maximum absolute atomic E-state index is 11.9. The molecule has 0 aromatic heterocycles. The molecule has 0 spiro atoms. The molecule has 0 aliphatic carbocycles. The van der Waals surface area contributed by atoms with E-state index in [0.29, 0.717) is 23.6 Å². The van der Waals surface area contributed by atoms with Gasteiger partial charge in [-0.2, -0.15) is 0 Å². The number of unbranched alkanes of at least 4 members (excludes halogenated alkanes) is 2. The van der Waals surface area contributed by atoms with Gasteiger partial charge in [0.1, 0.15) is 0 Å². The second-order valence-corrected chi connectivity index (χ2v) is 4.36. The van der Waals surface area contributed by atoms with Crippen molar-refractivity contribution in [2.24, 2.45) is 0 Å². The van der Waals surface area contributed by atoms with Crippen molar-refractivity contribution in [2.75, 3.05) is 13.3 Å². The standard InChI is InChI=1S/C14H17NO4/c1-2-3-4-7-15-14(17)13(16)10-5-6-11-12(8-10)19-9-18-11/h5-6,8H,2-4,7,9H2,1H3,(H,15,17). The van der Waals surface area contributed by atoms with Crippen LogP contribution in [0, 0.1) is 0 Å². The first kappa shape index (κ1) is 13.4. The third-order valence-corrected chi connectivity index (χ3v) is 2.91. The summed E-state index contributed by atoms with van der Waals surface area (Å²) in [6, 6.07) is 4.75. The van der Waals surface area contributed by atoms with E-state index in [4.69, 9.17) is 9.47 Å². The lowest BCUT2D eigenvalue weighted by atomic mass is 10.1. The molecule has 102 valence electrons. The second kappa shape index (κ2) is 6.22. The van der Waals surface area contributed by atoms with Gasteiger partial charge in [-0.25, -0.2) is 0 Å². The van der Waals surface area contributed by atoms with Crippen LogP contribution < -0.4 is 14.8 Å². The Morgan fingerprint density at radius 1 is 1.21 bits per heavy atom. The Labute approximate surface area is 111 Å². The van der Waals surface area contributed by atoms with Crippen molar-refractivity contribution in [1.29, 1.82) is 0 Å². The molecule has 1 aromatic rings. The van der Waals surface area contributed by atoms with Crippen molar-refractivity contribution >= 4 is 11.7 Å². The van der Waals surface area contributed by atoms with E-state index < -0.39 is 11.7 Å². The monoisotopic (exact) mass is 263 g/mol. The van der Waals surface area contributed by atoms with Gasteiger partial charge in [-0.15, -0.1) is 0 Å². The number of rotatable bonds is 6. The number of hydrogen-bond donors (Lipinski definition) is 1. The molecule has 1 heterocycles. The van der Waals surface area contributed by atoms with Crippen molar-refractivity contribution in [2.45, 2.75) is 26.2 Å². The maximum Gasteiger partial charge on any atom is 0.292 e. The van der Waals surface area contributed by atoms with Gasteiger partial charge in [-0.1, -0.05) is 19.8 Å². The molecule has 1 aliphatic rings. The number of ether oxygens (including phenoxy) is 2. The smallest absolute Gasteiger partial charge is 0.292 e. The molecular weight excluding hydrogens is 246 g/mol. The number of amides is 1. The van der Waals surface area contributed by atoms with E-state index >= 15 is 0 Å². The Kier molecular flexibility index (Phi) is 4.39. The summed E-state index contributed by atoms with van der Waals surface area (Å²) in [4.78, 5) is 23.6. The van der Waals surface area contributed by atoms with Crippen LogP contribution in [0.1, 0.15) is 36.5 Å². The molecule has 5 heteroatoms. The summed E-state index contributed by atoms with van der Waals surface area (Å²) in [6.45, 7) is 2.76. The van der Waals surface area contributed by atoms with Crippen molar-refractivity contribution < 1.29 is 19.1 Å². The minimum absolute atomic E-state index is 0.149. The number of ketones is 1. The van der Waals surface area contributed by atoms with Crippen molar-refractivity contribution in [3.8, 4) is 11.5 Å². The van der Waals surface area contributed by atoms with Crippen molar-refractivity contribution in [3.63, 3.8) is 0 Å². The fraction of sp³-hybridized carbons (Fsp3) is 0.429. The van der Waals surface area contributed by atoms with Gasteiger partial charge < -0.3 is 14.8 Å². The Hall–Kier alpha value is -2.04. The number of Topliss-reactive ketones (excluding diaryl/α,β-unsaturated/α-hetero) is 1. The molecule has 0 fully saturated rings. The maximum atomic E-state index is 11.9. The van der Waals surface area contributed by atoms with E-state index in [1.54, 1.807) is 12.1 Å². The molecule has 0 radical (unpaired) electrons. The van der Waals surface area contributed by atoms with Gasteiger partial charge >= 0.3 is 0 Å². The Balaban J connectivity index is 1.93. The molecule has 1 N–H and O–H groups in total. The SMILES string of the molecule is CCCCCNC(=O)C(=O)c1ccc2c(c1)OCO2. The molecule has 0 atom stereocenters. The highest BCUT2D eigenvalue weighted by atomic mass is 16.7. The third kappa shape index (κ3) is 3.24. The molecule has 0 bridgehead atoms. The van der Waals surface area contributed by atoms with Gasteiger partial charge in [0.25, 0.3) is 5.91 Å². The zero-order chi connectivity index (χ0) is 13.7. The van der Waals surface area contributed by atoms with Crippen LogP contribution in [0.3, 0.4) is 0 Å². The zero-order valence-electron chi connectivity index (χ0n) is 10.9. The lowest BCUT2D eigenvalue weighted by molar-refractivity contribution is -0.117. The van der Waals surface area contributed by atoms with Gasteiger partial charge in [-0.3, -0.25) is 9.59 Å². The molecule has 0 saturated heterocycles. The van der Waals surface area contributed by atoms with Crippen LogP contribution in [0.2, 0.25) is 0 Å². The van der Waals surface area contributed by atoms with Crippen LogP contribution in [0.25, 0.3) is 0 Å². The zero-order valence-corrected chi connectivity index (χ0v) is 10.9. The summed E-state index contributed by atoms with van der Waals surface area (Å²) in [5, 5.41) is 2.62. The van der Waals surface area contributed by atoms with Crippen LogP contribution >= 0.6 is 0 Å². The lowest BCUT2D eigenvalue weighted by Gasteiger charge is -2.04. The number of hydrogen-bond acceptors (Lipinski definition) is 4. The van der Waals surface area contributed by atoms with Crippen LogP contribution in [-0.4, -0.2) is 25.0 Å². The summed E-state index contributed by atoms with van der Waals surface area (Å²) in [5.74, 6) is -0.0192. The quantitative estimate of drug-likeness (QED) is 0.483. The fourth-order valence-corrected chi connectivity index (χ4v) is 1.83. The Bertz CT molecular complexity index is 484. The van der Waals surface area contributed by atoms with Gasteiger partial charge in [0.05, 0.1) is 0 Å². The topological polar surface area (TPSA) is 64.6 Å². The highest BCUT2D eigenvalue weighted by molar-refractivity contribution is 6.42.